The molecule has 2 aromatic rings. The van der Waals surface area contributed by atoms with E-state index in [2.05, 4.69) is 62.3 Å². The summed E-state index contributed by atoms with van der Waals surface area (Å²) in [5, 5.41) is 5.65. The van der Waals surface area contributed by atoms with Gasteiger partial charge in [0.1, 0.15) is 12.4 Å². The predicted molar refractivity (Wildman–Crippen MR) is 118 cm³/mol. The van der Waals surface area contributed by atoms with Gasteiger partial charge in [-0.2, -0.15) is 0 Å². The molecule has 2 N–H and O–H groups in total. The second-order valence-corrected chi connectivity index (χ2v) is 7.72. The first-order chi connectivity index (χ1) is 13.3. The van der Waals surface area contributed by atoms with Crippen molar-refractivity contribution >= 4 is 17.4 Å². The van der Waals surface area contributed by atoms with Gasteiger partial charge in [0.15, 0.2) is 0 Å². The van der Waals surface area contributed by atoms with Crippen LogP contribution in [0.15, 0.2) is 48.5 Å². The van der Waals surface area contributed by atoms with Gasteiger partial charge in [0.25, 0.3) is 0 Å². The molecule has 2 rings (SSSR count). The highest BCUT2D eigenvalue weighted by Crippen LogP contribution is 2.24. The van der Waals surface area contributed by atoms with E-state index in [1.807, 2.05) is 36.4 Å². The van der Waals surface area contributed by atoms with Crippen molar-refractivity contribution in [2.75, 3.05) is 36.5 Å². The molecule has 5 nitrogen and oxygen atoms in total. The van der Waals surface area contributed by atoms with Crippen molar-refractivity contribution < 1.29 is 9.53 Å². The zero-order valence-corrected chi connectivity index (χ0v) is 17.7. The number of carbonyl (C=O) groups is 1. The number of amides is 2. The van der Waals surface area contributed by atoms with Crippen LogP contribution >= 0.6 is 0 Å². The number of nitrogens with one attached hydrogen (secondary N) is 2. The van der Waals surface area contributed by atoms with Crippen molar-refractivity contribution in [1.82, 2.24) is 5.32 Å². The fourth-order valence-electron chi connectivity index (χ4n) is 2.90. The lowest BCUT2D eigenvalue weighted by Gasteiger charge is -2.21. The maximum atomic E-state index is 12.0. The fourth-order valence-corrected chi connectivity index (χ4v) is 2.90. The molecule has 0 fully saturated rings. The third kappa shape index (κ3) is 6.48. The Bertz CT molecular complexity index is 730. The normalized spacial score (nSPS) is 11.0. The summed E-state index contributed by atoms with van der Waals surface area (Å²) in [5.74, 6) is 0.808. The monoisotopic (exact) mass is 383 g/mol. The largest absolute Gasteiger partial charge is 0.492 e. The summed E-state index contributed by atoms with van der Waals surface area (Å²) in [5.41, 5.74) is 3.32. The summed E-state index contributed by atoms with van der Waals surface area (Å²) in [4.78, 5) is 14.3. The van der Waals surface area contributed by atoms with Crippen molar-refractivity contribution in [3.8, 4) is 5.75 Å². The molecule has 152 valence electrons. The number of nitrogens with zero attached hydrogens (tertiary/aromatic N) is 1. The number of rotatable bonds is 8. The second-order valence-electron chi connectivity index (χ2n) is 7.72. The molecule has 0 atom stereocenters. The molecule has 0 spiro atoms. The Kier molecular flexibility index (Phi) is 7.73. The Morgan fingerprint density at radius 3 is 2.11 bits per heavy atom. The van der Waals surface area contributed by atoms with Crippen molar-refractivity contribution in [2.24, 2.45) is 0 Å². The van der Waals surface area contributed by atoms with Gasteiger partial charge in [-0.15, -0.1) is 0 Å². The van der Waals surface area contributed by atoms with Gasteiger partial charge in [0, 0.05) is 24.5 Å². The van der Waals surface area contributed by atoms with Crippen LogP contribution in [0.25, 0.3) is 0 Å². The lowest BCUT2D eigenvalue weighted by molar-refractivity contribution is 0.247. The molecule has 0 aliphatic carbocycles. The maximum Gasteiger partial charge on any atom is 0.319 e. The van der Waals surface area contributed by atoms with E-state index in [1.54, 1.807) is 0 Å². The van der Waals surface area contributed by atoms with Crippen LogP contribution in [0.4, 0.5) is 16.2 Å². The summed E-state index contributed by atoms with van der Waals surface area (Å²) in [6, 6.07) is 15.7. The Morgan fingerprint density at radius 1 is 0.964 bits per heavy atom. The molecule has 0 aromatic heterocycles. The van der Waals surface area contributed by atoms with Gasteiger partial charge in [-0.1, -0.05) is 32.9 Å². The molecule has 0 bridgehead atoms. The van der Waals surface area contributed by atoms with Gasteiger partial charge in [-0.05, 0) is 61.2 Å². The van der Waals surface area contributed by atoms with Gasteiger partial charge in [0.05, 0.1) is 6.54 Å². The van der Waals surface area contributed by atoms with Gasteiger partial charge in [-0.3, -0.25) is 0 Å². The molecule has 0 radical (unpaired) electrons. The smallest absolute Gasteiger partial charge is 0.319 e. The number of anilines is 2. The molecule has 2 aromatic carbocycles. The number of hydrogen-bond donors (Lipinski definition) is 2. The van der Waals surface area contributed by atoms with E-state index in [9.17, 15) is 4.79 Å². The first kappa shape index (κ1) is 21.6. The molecule has 0 aliphatic rings. The third-order valence-electron chi connectivity index (χ3n) is 4.63. The molecule has 2 amide bonds. The first-order valence-corrected chi connectivity index (χ1v) is 9.96. The number of urea groups is 1. The third-order valence-corrected chi connectivity index (χ3v) is 4.63. The minimum absolute atomic E-state index is 0.127. The van der Waals surface area contributed by atoms with Crippen LogP contribution in [0, 0.1) is 0 Å². The molecule has 0 aliphatic heterocycles. The topological polar surface area (TPSA) is 53.6 Å². The lowest BCUT2D eigenvalue weighted by Crippen LogP contribution is -2.32. The second kappa shape index (κ2) is 10.0. The van der Waals surface area contributed by atoms with E-state index in [0.29, 0.717) is 13.2 Å². The zero-order valence-electron chi connectivity index (χ0n) is 17.7. The van der Waals surface area contributed by atoms with Crippen LogP contribution in [0.5, 0.6) is 5.75 Å². The van der Waals surface area contributed by atoms with E-state index in [0.717, 1.165) is 30.2 Å². The minimum atomic E-state index is -0.234. The molecular formula is C23H33N3O2. The Hall–Kier alpha value is -2.69. The van der Waals surface area contributed by atoms with Gasteiger partial charge in [0.2, 0.25) is 0 Å². The highest BCUT2D eigenvalue weighted by Gasteiger charge is 2.13. The molecular weight excluding hydrogens is 350 g/mol. The SMILES string of the molecule is CCN(CC)c1ccc(NC(=O)NCCOc2ccc(C(C)(C)C)cc2)cc1. The van der Waals surface area contributed by atoms with Crippen LogP contribution in [-0.2, 0) is 5.41 Å². The lowest BCUT2D eigenvalue weighted by atomic mass is 9.87. The van der Waals surface area contributed by atoms with Gasteiger partial charge < -0.3 is 20.3 Å². The summed E-state index contributed by atoms with van der Waals surface area (Å²) < 4.78 is 5.69. The van der Waals surface area contributed by atoms with Crippen molar-refractivity contribution in [3.05, 3.63) is 54.1 Å². The zero-order chi connectivity index (χ0) is 20.6. The van der Waals surface area contributed by atoms with E-state index in [1.165, 1.54) is 5.56 Å². The number of carbonyl (C=O) groups excluding carboxylic acids is 1. The van der Waals surface area contributed by atoms with Gasteiger partial charge >= 0.3 is 6.03 Å². The van der Waals surface area contributed by atoms with E-state index >= 15 is 0 Å². The molecule has 28 heavy (non-hydrogen) atoms. The highest BCUT2D eigenvalue weighted by molar-refractivity contribution is 5.89. The molecule has 5 heteroatoms. The summed E-state index contributed by atoms with van der Waals surface area (Å²) in [6.07, 6.45) is 0. The number of hydrogen-bond acceptors (Lipinski definition) is 3. The Morgan fingerprint density at radius 2 is 1.57 bits per heavy atom. The predicted octanol–water partition coefficient (Wildman–Crippen LogP) is 5.03. The highest BCUT2D eigenvalue weighted by atomic mass is 16.5. The van der Waals surface area contributed by atoms with E-state index in [-0.39, 0.29) is 11.4 Å². The van der Waals surface area contributed by atoms with Crippen LogP contribution < -0.4 is 20.3 Å². The van der Waals surface area contributed by atoms with Crippen LogP contribution in [-0.4, -0.2) is 32.3 Å². The maximum absolute atomic E-state index is 12.0. The molecule has 0 saturated heterocycles. The molecule has 0 saturated carbocycles. The summed E-state index contributed by atoms with van der Waals surface area (Å²) in [7, 11) is 0. The Labute approximate surface area is 169 Å². The van der Waals surface area contributed by atoms with Crippen LogP contribution in [0.1, 0.15) is 40.2 Å². The quantitative estimate of drug-likeness (QED) is 0.629. The Balaban J connectivity index is 1.72. The van der Waals surface area contributed by atoms with Crippen molar-refractivity contribution in [3.63, 3.8) is 0 Å². The van der Waals surface area contributed by atoms with Crippen molar-refractivity contribution in [1.29, 1.82) is 0 Å². The average Bonchev–Trinajstić information content (AvgIpc) is 2.67. The van der Waals surface area contributed by atoms with E-state index < -0.39 is 0 Å². The van der Waals surface area contributed by atoms with Crippen LogP contribution in [0.2, 0.25) is 0 Å². The fraction of sp³-hybridized carbons (Fsp3) is 0.435. The van der Waals surface area contributed by atoms with E-state index in [4.69, 9.17) is 4.74 Å². The molecule has 0 heterocycles. The van der Waals surface area contributed by atoms with Crippen LogP contribution in [0.3, 0.4) is 0 Å². The molecule has 0 unspecified atom stereocenters. The number of benzene rings is 2. The number of ether oxygens (including phenoxy) is 1. The average molecular weight is 384 g/mol. The first-order valence-electron chi connectivity index (χ1n) is 9.96. The minimum Gasteiger partial charge on any atom is -0.492 e. The van der Waals surface area contributed by atoms with Gasteiger partial charge in [-0.25, -0.2) is 4.79 Å². The standard InChI is InChI=1S/C23H33N3O2/c1-6-26(7-2)20-12-10-19(11-13-20)25-22(27)24-16-17-28-21-14-8-18(9-15-21)23(3,4)5/h8-15H,6-7,16-17H2,1-5H3,(H2,24,25,27). The summed E-state index contributed by atoms with van der Waals surface area (Å²) in [6.45, 7) is 13.6. The summed E-state index contributed by atoms with van der Waals surface area (Å²) >= 11 is 0. The van der Waals surface area contributed by atoms with Crippen molar-refractivity contribution in [2.45, 2.75) is 40.0 Å².